The van der Waals surface area contributed by atoms with Gasteiger partial charge < -0.3 is 10.4 Å². The van der Waals surface area contributed by atoms with E-state index < -0.39 is 11.9 Å². The molecule has 0 aliphatic carbocycles. The van der Waals surface area contributed by atoms with E-state index in [1.54, 1.807) is 17.9 Å². The lowest BCUT2D eigenvalue weighted by Gasteiger charge is -2.00. The maximum atomic E-state index is 12.0. The van der Waals surface area contributed by atoms with Gasteiger partial charge in [0.2, 0.25) is 0 Å². The van der Waals surface area contributed by atoms with E-state index in [9.17, 15) is 9.59 Å². The van der Waals surface area contributed by atoms with Gasteiger partial charge in [-0.2, -0.15) is 5.10 Å². The number of carboxylic acid groups (broad SMARTS) is 1. The minimum Gasteiger partial charge on any atom is -0.480 e. The van der Waals surface area contributed by atoms with Crippen molar-refractivity contribution >= 4 is 17.6 Å². The fourth-order valence-electron chi connectivity index (χ4n) is 1.70. The second-order valence-electron chi connectivity index (χ2n) is 4.17. The van der Waals surface area contributed by atoms with Crippen molar-refractivity contribution in [2.75, 3.05) is 5.32 Å². The van der Waals surface area contributed by atoms with E-state index in [1.807, 2.05) is 6.92 Å². The number of hydrogen-bond donors (Lipinski definition) is 2. The molecule has 2 rings (SSSR count). The first-order valence-electron chi connectivity index (χ1n) is 5.95. The third-order valence-electron chi connectivity index (χ3n) is 2.56. The van der Waals surface area contributed by atoms with Gasteiger partial charge in [0.15, 0.2) is 5.69 Å². The summed E-state index contributed by atoms with van der Waals surface area (Å²) >= 11 is 0. The van der Waals surface area contributed by atoms with E-state index in [0.717, 1.165) is 10.4 Å². The van der Waals surface area contributed by atoms with Crippen LogP contribution >= 0.6 is 0 Å². The van der Waals surface area contributed by atoms with Crippen molar-refractivity contribution in [2.45, 2.75) is 19.9 Å². The zero-order valence-electron chi connectivity index (χ0n) is 11.1. The van der Waals surface area contributed by atoms with Crippen molar-refractivity contribution in [1.29, 1.82) is 0 Å². The molecular weight excluding hydrogens is 264 g/mol. The second kappa shape index (κ2) is 5.51. The highest BCUT2D eigenvalue weighted by atomic mass is 16.4. The molecule has 0 aromatic carbocycles. The Hall–Kier alpha value is -2.71. The zero-order valence-corrected chi connectivity index (χ0v) is 11.1. The summed E-state index contributed by atoms with van der Waals surface area (Å²) in [5.74, 6) is -1.51. The molecule has 9 nitrogen and oxygen atoms in total. The number of hydrogen-bond acceptors (Lipinski definition) is 5. The number of rotatable bonds is 5. The summed E-state index contributed by atoms with van der Waals surface area (Å²) in [4.78, 5) is 22.5. The Morgan fingerprint density at radius 1 is 1.40 bits per heavy atom. The van der Waals surface area contributed by atoms with Gasteiger partial charge in [-0.3, -0.25) is 14.3 Å². The third-order valence-corrected chi connectivity index (χ3v) is 2.56. The standard InChI is InChI=1S/C11H14N6O3/c1-3-7-8(4-16(2)14-7)12-11(20)9-5-17(15-13-9)6-10(18)19/h4-5H,3,6H2,1-2H3,(H,12,20)(H,18,19). The van der Waals surface area contributed by atoms with Crippen molar-refractivity contribution in [3.63, 3.8) is 0 Å². The van der Waals surface area contributed by atoms with Gasteiger partial charge in [-0.25, -0.2) is 4.68 Å². The largest absolute Gasteiger partial charge is 0.480 e. The first kappa shape index (κ1) is 13.7. The Labute approximate surface area is 114 Å². The predicted octanol–water partition coefficient (Wildman–Crippen LogP) is -0.0891. The van der Waals surface area contributed by atoms with Gasteiger partial charge in [0.25, 0.3) is 5.91 Å². The first-order valence-corrected chi connectivity index (χ1v) is 5.95. The number of aryl methyl sites for hydroxylation is 2. The summed E-state index contributed by atoms with van der Waals surface area (Å²) in [5.41, 5.74) is 1.42. The molecule has 9 heteroatoms. The summed E-state index contributed by atoms with van der Waals surface area (Å²) in [7, 11) is 1.76. The van der Waals surface area contributed by atoms with Crippen LogP contribution in [-0.4, -0.2) is 41.8 Å². The number of carboxylic acids is 1. The van der Waals surface area contributed by atoms with Gasteiger partial charge in [-0.1, -0.05) is 12.1 Å². The Morgan fingerprint density at radius 2 is 2.15 bits per heavy atom. The number of amides is 1. The summed E-state index contributed by atoms with van der Waals surface area (Å²) in [6.07, 6.45) is 3.66. The van der Waals surface area contributed by atoms with E-state index in [4.69, 9.17) is 5.11 Å². The lowest BCUT2D eigenvalue weighted by Crippen LogP contribution is -2.13. The van der Waals surface area contributed by atoms with Crippen LogP contribution in [0.15, 0.2) is 12.4 Å². The van der Waals surface area contributed by atoms with Crippen LogP contribution in [0, 0.1) is 0 Å². The van der Waals surface area contributed by atoms with Crippen LogP contribution < -0.4 is 5.32 Å². The van der Waals surface area contributed by atoms with Crippen LogP contribution in [-0.2, 0) is 24.8 Å². The van der Waals surface area contributed by atoms with Crippen LogP contribution in [0.3, 0.4) is 0 Å². The zero-order chi connectivity index (χ0) is 14.7. The monoisotopic (exact) mass is 278 g/mol. The number of aromatic nitrogens is 5. The molecule has 0 bridgehead atoms. The van der Waals surface area contributed by atoms with Crippen molar-refractivity contribution in [1.82, 2.24) is 24.8 Å². The number of nitrogens with one attached hydrogen (secondary N) is 1. The van der Waals surface area contributed by atoms with Crippen molar-refractivity contribution in [3.8, 4) is 0 Å². The maximum Gasteiger partial charge on any atom is 0.325 e. The smallest absolute Gasteiger partial charge is 0.325 e. The Morgan fingerprint density at radius 3 is 2.80 bits per heavy atom. The lowest BCUT2D eigenvalue weighted by molar-refractivity contribution is -0.137. The average Bonchev–Trinajstić information content (AvgIpc) is 2.95. The highest BCUT2D eigenvalue weighted by Gasteiger charge is 2.15. The number of aliphatic carboxylic acids is 1. The minimum absolute atomic E-state index is 0.0529. The van der Waals surface area contributed by atoms with Crippen molar-refractivity contribution < 1.29 is 14.7 Å². The fourth-order valence-corrected chi connectivity index (χ4v) is 1.70. The summed E-state index contributed by atoms with van der Waals surface area (Å²) in [6, 6.07) is 0. The molecule has 2 aromatic heterocycles. The van der Waals surface area contributed by atoms with E-state index in [-0.39, 0.29) is 12.2 Å². The van der Waals surface area contributed by atoms with Crippen LogP contribution in [0.2, 0.25) is 0 Å². The minimum atomic E-state index is -1.05. The molecule has 0 saturated heterocycles. The Kier molecular flexibility index (Phi) is 3.78. The molecule has 1 amide bonds. The third kappa shape index (κ3) is 2.99. The molecule has 106 valence electrons. The van der Waals surface area contributed by atoms with E-state index >= 15 is 0 Å². The molecular formula is C11H14N6O3. The molecule has 2 aromatic rings. The van der Waals surface area contributed by atoms with Gasteiger partial charge >= 0.3 is 5.97 Å². The molecule has 0 aliphatic rings. The highest BCUT2D eigenvalue weighted by molar-refractivity contribution is 6.02. The van der Waals surface area contributed by atoms with Crippen LogP contribution in [0.5, 0.6) is 0 Å². The average molecular weight is 278 g/mol. The van der Waals surface area contributed by atoms with Gasteiger partial charge in [-0.05, 0) is 6.42 Å². The molecule has 0 fully saturated rings. The quantitative estimate of drug-likeness (QED) is 0.789. The summed E-state index contributed by atoms with van der Waals surface area (Å²) in [5, 5.41) is 22.7. The normalized spacial score (nSPS) is 10.5. The number of carbonyl (C=O) groups is 2. The predicted molar refractivity (Wildman–Crippen MR) is 68.2 cm³/mol. The number of anilines is 1. The summed E-state index contributed by atoms with van der Waals surface area (Å²) in [6.45, 7) is 1.59. The topological polar surface area (TPSA) is 115 Å². The van der Waals surface area contributed by atoms with E-state index in [1.165, 1.54) is 6.20 Å². The van der Waals surface area contributed by atoms with E-state index in [2.05, 4.69) is 20.7 Å². The molecule has 0 unspecified atom stereocenters. The van der Waals surface area contributed by atoms with Crippen molar-refractivity contribution in [3.05, 3.63) is 23.8 Å². The van der Waals surface area contributed by atoms with Crippen LogP contribution in [0.25, 0.3) is 0 Å². The van der Waals surface area contributed by atoms with Gasteiger partial charge in [0.05, 0.1) is 17.6 Å². The molecule has 0 aliphatic heterocycles. The second-order valence-corrected chi connectivity index (χ2v) is 4.17. The maximum absolute atomic E-state index is 12.0. The Balaban J connectivity index is 2.11. The SMILES string of the molecule is CCc1nn(C)cc1NC(=O)c1cn(CC(=O)O)nn1. The van der Waals surface area contributed by atoms with Crippen molar-refractivity contribution in [2.24, 2.45) is 7.05 Å². The van der Waals surface area contributed by atoms with Crippen LogP contribution in [0.4, 0.5) is 5.69 Å². The highest BCUT2D eigenvalue weighted by Crippen LogP contribution is 2.14. The lowest BCUT2D eigenvalue weighted by atomic mass is 10.3. The molecule has 0 spiro atoms. The Bertz CT molecular complexity index is 644. The summed E-state index contributed by atoms with van der Waals surface area (Å²) < 4.78 is 2.69. The molecule has 0 saturated carbocycles. The molecule has 2 heterocycles. The first-order chi connectivity index (χ1) is 9.49. The van der Waals surface area contributed by atoms with E-state index in [0.29, 0.717) is 12.1 Å². The molecule has 20 heavy (non-hydrogen) atoms. The van der Waals surface area contributed by atoms with Gasteiger partial charge in [-0.15, -0.1) is 5.10 Å². The van der Waals surface area contributed by atoms with Gasteiger partial charge in [0.1, 0.15) is 6.54 Å². The van der Waals surface area contributed by atoms with Crippen LogP contribution in [0.1, 0.15) is 23.1 Å². The van der Waals surface area contributed by atoms with Gasteiger partial charge in [0, 0.05) is 13.2 Å². The number of carbonyl (C=O) groups excluding carboxylic acids is 1. The molecule has 2 N–H and O–H groups in total. The fraction of sp³-hybridized carbons (Fsp3) is 0.364. The number of nitrogens with zero attached hydrogens (tertiary/aromatic N) is 5. The molecule has 0 atom stereocenters. The molecule has 0 radical (unpaired) electrons.